The molecule has 6 heteroatoms. The van der Waals surface area contributed by atoms with E-state index < -0.39 is 18.6 Å². The molecule has 1 N–H and O–H groups in total. The van der Waals surface area contributed by atoms with Crippen molar-refractivity contribution in [2.75, 3.05) is 0 Å². The molecule has 0 saturated carbocycles. The number of aromatic carboxylic acids is 1. The van der Waals surface area contributed by atoms with Crippen LogP contribution in [0, 0.1) is 0 Å². The average molecular weight is 422 g/mol. The molecule has 0 atom stereocenters. The van der Waals surface area contributed by atoms with Crippen LogP contribution in [0.5, 0.6) is 5.75 Å². The number of rotatable bonds is 13. The predicted octanol–water partition coefficient (Wildman–Crippen LogP) is 7.19. The van der Waals surface area contributed by atoms with E-state index in [0.717, 1.165) is 43.2 Å². The standard InChI is InChI=1S/C24H29F3O3/c25-24(26,27)16-10-5-3-1-2-4-9-13-20-17-21(23(28)29)14-15-22(20)30-18-19-11-7-6-8-12-19/h6-8,11-12,14-15,17H,1-5,9-10,13,16,18H2,(H,28,29). The number of alkyl halides is 3. The lowest BCUT2D eigenvalue weighted by atomic mass is 10.0. The minimum Gasteiger partial charge on any atom is -0.489 e. The zero-order chi connectivity index (χ0) is 21.8. The molecule has 0 radical (unpaired) electrons. The maximum Gasteiger partial charge on any atom is 0.389 e. The van der Waals surface area contributed by atoms with Gasteiger partial charge < -0.3 is 9.84 Å². The first-order chi connectivity index (χ1) is 14.3. The fraction of sp³-hybridized carbons (Fsp3) is 0.458. The van der Waals surface area contributed by atoms with E-state index in [1.165, 1.54) is 0 Å². The van der Waals surface area contributed by atoms with Crippen LogP contribution in [0.3, 0.4) is 0 Å². The van der Waals surface area contributed by atoms with Gasteiger partial charge in [0.25, 0.3) is 0 Å². The summed E-state index contributed by atoms with van der Waals surface area (Å²) >= 11 is 0. The van der Waals surface area contributed by atoms with Crippen molar-refractivity contribution in [2.45, 2.75) is 70.6 Å². The molecule has 0 unspecified atom stereocenters. The highest BCUT2D eigenvalue weighted by Crippen LogP contribution is 2.25. The van der Waals surface area contributed by atoms with Crippen molar-refractivity contribution in [1.29, 1.82) is 0 Å². The Bertz CT molecular complexity index is 773. The average Bonchev–Trinajstić information content (AvgIpc) is 2.71. The number of carboxylic acid groups (broad SMARTS) is 1. The number of benzene rings is 2. The molecule has 2 aromatic rings. The van der Waals surface area contributed by atoms with Gasteiger partial charge in [-0.3, -0.25) is 0 Å². The third-order valence-corrected chi connectivity index (χ3v) is 4.95. The summed E-state index contributed by atoms with van der Waals surface area (Å²) < 4.78 is 42.2. The molecule has 30 heavy (non-hydrogen) atoms. The molecule has 3 nitrogen and oxygen atoms in total. The van der Waals surface area contributed by atoms with Crippen molar-refractivity contribution in [2.24, 2.45) is 0 Å². The summed E-state index contributed by atoms with van der Waals surface area (Å²) in [5, 5.41) is 9.26. The van der Waals surface area contributed by atoms with Crippen LogP contribution in [0.2, 0.25) is 0 Å². The van der Waals surface area contributed by atoms with Crippen LogP contribution in [0.1, 0.15) is 72.9 Å². The van der Waals surface area contributed by atoms with Crippen molar-refractivity contribution in [3.8, 4) is 5.75 Å². The van der Waals surface area contributed by atoms with Crippen molar-refractivity contribution in [3.63, 3.8) is 0 Å². The number of hydrogen-bond acceptors (Lipinski definition) is 2. The van der Waals surface area contributed by atoms with Gasteiger partial charge in [0.15, 0.2) is 0 Å². The third kappa shape index (κ3) is 9.33. The lowest BCUT2D eigenvalue weighted by molar-refractivity contribution is -0.135. The highest BCUT2D eigenvalue weighted by molar-refractivity contribution is 5.88. The minimum absolute atomic E-state index is 0.202. The number of halogens is 3. The lowest BCUT2D eigenvalue weighted by Gasteiger charge is -2.13. The molecule has 0 aliphatic carbocycles. The summed E-state index contributed by atoms with van der Waals surface area (Å²) in [6.07, 6.45) is 1.31. The monoisotopic (exact) mass is 422 g/mol. The Labute approximate surface area is 175 Å². The maximum atomic E-state index is 12.1. The second kappa shape index (κ2) is 12.3. The number of unbranched alkanes of at least 4 members (excludes halogenated alkanes) is 6. The predicted molar refractivity (Wildman–Crippen MR) is 111 cm³/mol. The Kier molecular flexibility index (Phi) is 9.71. The Hall–Kier alpha value is -2.50. The molecule has 164 valence electrons. The van der Waals surface area contributed by atoms with Crippen LogP contribution in [0.15, 0.2) is 48.5 Å². The number of aryl methyl sites for hydroxylation is 1. The van der Waals surface area contributed by atoms with Gasteiger partial charge in [0.05, 0.1) is 5.56 Å². The second-order valence-corrected chi connectivity index (χ2v) is 7.49. The molecule has 0 aliphatic rings. The Morgan fingerprint density at radius 1 is 0.867 bits per heavy atom. The van der Waals surface area contributed by atoms with E-state index in [-0.39, 0.29) is 12.0 Å². The van der Waals surface area contributed by atoms with E-state index >= 15 is 0 Å². The fourth-order valence-electron chi connectivity index (χ4n) is 3.31. The summed E-state index contributed by atoms with van der Waals surface area (Å²) in [6.45, 7) is 0.415. The van der Waals surface area contributed by atoms with Gasteiger partial charge in [-0.2, -0.15) is 13.2 Å². The zero-order valence-corrected chi connectivity index (χ0v) is 17.1. The van der Waals surface area contributed by atoms with Crippen molar-refractivity contribution < 1.29 is 27.8 Å². The SMILES string of the molecule is O=C(O)c1ccc(OCc2ccccc2)c(CCCCCCCCCC(F)(F)F)c1. The molecular weight excluding hydrogens is 393 g/mol. The van der Waals surface area contributed by atoms with E-state index in [0.29, 0.717) is 25.2 Å². The molecular formula is C24H29F3O3. The first kappa shape index (κ1) is 23.8. The van der Waals surface area contributed by atoms with Gasteiger partial charge in [0, 0.05) is 6.42 Å². The minimum atomic E-state index is -4.05. The summed E-state index contributed by atoms with van der Waals surface area (Å²) in [6, 6.07) is 14.7. The normalized spacial score (nSPS) is 11.4. The molecule has 0 saturated heterocycles. The van der Waals surface area contributed by atoms with Gasteiger partial charge in [-0.25, -0.2) is 4.79 Å². The van der Waals surface area contributed by atoms with E-state index in [9.17, 15) is 23.1 Å². The summed E-state index contributed by atoms with van der Waals surface area (Å²) in [5.41, 5.74) is 2.15. The van der Waals surface area contributed by atoms with Gasteiger partial charge in [-0.15, -0.1) is 0 Å². The number of carboxylic acids is 1. The number of ether oxygens (including phenoxy) is 1. The molecule has 0 aliphatic heterocycles. The van der Waals surface area contributed by atoms with Gasteiger partial charge in [0.2, 0.25) is 0 Å². The highest BCUT2D eigenvalue weighted by Gasteiger charge is 2.25. The van der Waals surface area contributed by atoms with Gasteiger partial charge in [-0.05, 0) is 48.6 Å². The van der Waals surface area contributed by atoms with Crippen LogP contribution in [-0.2, 0) is 13.0 Å². The van der Waals surface area contributed by atoms with Crippen LogP contribution in [0.25, 0.3) is 0 Å². The van der Waals surface area contributed by atoms with Crippen LogP contribution >= 0.6 is 0 Å². The molecule has 2 aromatic carbocycles. The Morgan fingerprint density at radius 2 is 1.50 bits per heavy atom. The fourth-order valence-corrected chi connectivity index (χ4v) is 3.31. The molecule has 0 fully saturated rings. The van der Waals surface area contributed by atoms with E-state index in [1.807, 2.05) is 30.3 Å². The second-order valence-electron chi connectivity index (χ2n) is 7.49. The highest BCUT2D eigenvalue weighted by atomic mass is 19.4. The Morgan fingerprint density at radius 3 is 2.13 bits per heavy atom. The Balaban J connectivity index is 1.77. The maximum absolute atomic E-state index is 12.1. The topological polar surface area (TPSA) is 46.5 Å². The van der Waals surface area contributed by atoms with Crippen LogP contribution in [0.4, 0.5) is 13.2 Å². The zero-order valence-electron chi connectivity index (χ0n) is 17.1. The van der Waals surface area contributed by atoms with Gasteiger partial charge >= 0.3 is 12.1 Å². The van der Waals surface area contributed by atoms with Crippen LogP contribution < -0.4 is 4.74 Å². The lowest BCUT2D eigenvalue weighted by Crippen LogP contribution is -2.06. The van der Waals surface area contributed by atoms with Crippen molar-refractivity contribution >= 4 is 5.97 Å². The van der Waals surface area contributed by atoms with Gasteiger partial charge in [0.1, 0.15) is 12.4 Å². The van der Waals surface area contributed by atoms with E-state index in [4.69, 9.17) is 4.74 Å². The van der Waals surface area contributed by atoms with Crippen LogP contribution in [-0.4, -0.2) is 17.3 Å². The molecule has 0 spiro atoms. The van der Waals surface area contributed by atoms with Crippen molar-refractivity contribution in [3.05, 3.63) is 65.2 Å². The molecule has 0 heterocycles. The van der Waals surface area contributed by atoms with Gasteiger partial charge in [-0.1, -0.05) is 62.4 Å². The molecule has 2 rings (SSSR count). The number of carbonyl (C=O) groups is 1. The third-order valence-electron chi connectivity index (χ3n) is 4.95. The van der Waals surface area contributed by atoms with E-state index in [1.54, 1.807) is 18.2 Å². The summed E-state index contributed by atoms with van der Waals surface area (Å²) in [4.78, 5) is 11.3. The molecule has 0 amide bonds. The molecule has 0 aromatic heterocycles. The largest absolute Gasteiger partial charge is 0.489 e. The van der Waals surface area contributed by atoms with E-state index in [2.05, 4.69) is 0 Å². The summed E-state index contributed by atoms with van der Waals surface area (Å²) in [7, 11) is 0. The first-order valence-corrected chi connectivity index (χ1v) is 10.4. The van der Waals surface area contributed by atoms with Crippen molar-refractivity contribution in [1.82, 2.24) is 0 Å². The first-order valence-electron chi connectivity index (χ1n) is 10.4. The quantitative estimate of drug-likeness (QED) is 0.348. The molecule has 0 bridgehead atoms. The smallest absolute Gasteiger partial charge is 0.389 e. The summed E-state index contributed by atoms with van der Waals surface area (Å²) in [5.74, 6) is -0.277. The number of hydrogen-bond donors (Lipinski definition) is 1.